The lowest BCUT2D eigenvalue weighted by Crippen LogP contribution is -2.05. The zero-order chi connectivity index (χ0) is 15.2. The summed E-state index contributed by atoms with van der Waals surface area (Å²) in [7, 11) is 1.34. The van der Waals surface area contributed by atoms with E-state index in [1.54, 1.807) is 12.1 Å². The molecule has 1 aromatic heterocycles. The van der Waals surface area contributed by atoms with E-state index in [2.05, 4.69) is 25.2 Å². The summed E-state index contributed by atoms with van der Waals surface area (Å²) in [4.78, 5) is 26.3. The van der Waals surface area contributed by atoms with Gasteiger partial charge in [0.1, 0.15) is 0 Å². The highest BCUT2D eigenvalue weighted by Gasteiger charge is 2.09. The van der Waals surface area contributed by atoms with Gasteiger partial charge in [-0.15, -0.1) is 5.10 Å². The molecule has 0 spiro atoms. The van der Waals surface area contributed by atoms with Crippen molar-refractivity contribution in [1.29, 1.82) is 0 Å². The Bertz CT molecular complexity index is 639. The number of ether oxygens (including phenoxy) is 1. The van der Waals surface area contributed by atoms with E-state index in [0.29, 0.717) is 16.7 Å². The van der Waals surface area contributed by atoms with Crippen LogP contribution in [0.4, 0.5) is 5.69 Å². The molecule has 2 N–H and O–H groups in total. The second-order valence-electron chi connectivity index (χ2n) is 4.09. The Morgan fingerprint density at radius 2 is 2.05 bits per heavy atom. The Labute approximate surface area is 125 Å². The summed E-state index contributed by atoms with van der Waals surface area (Å²) in [6.45, 7) is 1.45. The van der Waals surface area contributed by atoms with Gasteiger partial charge in [-0.25, -0.2) is 4.98 Å². The lowest BCUT2D eigenvalue weighted by molar-refractivity contribution is -0.137. The molecule has 1 amide bonds. The minimum atomic E-state index is -0.328. The lowest BCUT2D eigenvalue weighted by Gasteiger charge is -2.02. The lowest BCUT2D eigenvalue weighted by atomic mass is 10.2. The molecule has 2 rings (SSSR count). The molecule has 0 radical (unpaired) electrons. The molecule has 8 heteroatoms. The third kappa shape index (κ3) is 4.32. The van der Waals surface area contributed by atoms with Gasteiger partial charge in [0.05, 0.1) is 12.9 Å². The molecule has 7 nitrogen and oxygen atoms in total. The first-order valence-corrected chi connectivity index (χ1v) is 7.07. The minimum absolute atomic E-state index is 0.121. The van der Waals surface area contributed by atoms with E-state index in [1.165, 1.54) is 25.8 Å². The second-order valence-corrected chi connectivity index (χ2v) is 5.03. The molecule has 1 aromatic carbocycles. The van der Waals surface area contributed by atoms with E-state index in [1.807, 2.05) is 12.1 Å². The largest absolute Gasteiger partial charge is 0.468 e. The van der Waals surface area contributed by atoms with Gasteiger partial charge in [-0.2, -0.15) is 0 Å². The number of nitrogens with one attached hydrogen (secondary N) is 2. The van der Waals surface area contributed by atoms with Crippen molar-refractivity contribution in [1.82, 2.24) is 15.2 Å². The third-order valence-corrected chi connectivity index (χ3v) is 3.31. The summed E-state index contributed by atoms with van der Waals surface area (Å²) in [5.74, 6) is 0.307. The number of hydrogen-bond acceptors (Lipinski definition) is 6. The Kier molecular flexibility index (Phi) is 4.94. The van der Waals surface area contributed by atoms with Crippen molar-refractivity contribution in [2.24, 2.45) is 0 Å². The number of carbonyl (C=O) groups is 2. The van der Waals surface area contributed by atoms with Gasteiger partial charge in [-0.1, -0.05) is 11.8 Å². The van der Waals surface area contributed by atoms with Crippen LogP contribution in [0.5, 0.6) is 0 Å². The van der Waals surface area contributed by atoms with Crippen molar-refractivity contribution >= 4 is 29.3 Å². The van der Waals surface area contributed by atoms with Crippen LogP contribution < -0.4 is 5.32 Å². The van der Waals surface area contributed by atoms with Crippen LogP contribution in [-0.2, 0) is 14.3 Å². The van der Waals surface area contributed by atoms with Crippen molar-refractivity contribution in [3.05, 3.63) is 24.3 Å². The van der Waals surface area contributed by atoms with E-state index in [0.717, 1.165) is 5.56 Å². The summed E-state index contributed by atoms with van der Waals surface area (Å²) in [6.07, 6.45) is 0. The van der Waals surface area contributed by atoms with Gasteiger partial charge in [0.2, 0.25) is 11.1 Å². The monoisotopic (exact) mass is 306 g/mol. The van der Waals surface area contributed by atoms with Crippen LogP contribution in [0.2, 0.25) is 0 Å². The van der Waals surface area contributed by atoms with Crippen LogP contribution >= 0.6 is 11.8 Å². The number of methoxy groups -OCH3 is 1. The molecule has 110 valence electrons. The zero-order valence-corrected chi connectivity index (χ0v) is 12.4. The number of aromatic amines is 1. The predicted molar refractivity (Wildman–Crippen MR) is 78.9 cm³/mol. The molecule has 0 saturated carbocycles. The molecule has 21 heavy (non-hydrogen) atoms. The quantitative estimate of drug-likeness (QED) is 0.644. The Morgan fingerprint density at radius 1 is 1.33 bits per heavy atom. The average molecular weight is 306 g/mol. The first kappa shape index (κ1) is 15.0. The van der Waals surface area contributed by atoms with Gasteiger partial charge in [-0.05, 0) is 24.3 Å². The van der Waals surface area contributed by atoms with Gasteiger partial charge < -0.3 is 10.1 Å². The summed E-state index contributed by atoms with van der Waals surface area (Å²) in [5, 5.41) is 9.98. The summed E-state index contributed by atoms with van der Waals surface area (Å²) >= 11 is 1.20. The van der Waals surface area contributed by atoms with Crippen molar-refractivity contribution < 1.29 is 14.3 Å². The van der Waals surface area contributed by atoms with E-state index in [9.17, 15) is 9.59 Å². The first-order chi connectivity index (χ1) is 10.1. The molecule has 0 atom stereocenters. The fraction of sp³-hybridized carbons (Fsp3) is 0.231. The normalized spacial score (nSPS) is 10.2. The number of thioether (sulfide) groups is 1. The van der Waals surface area contributed by atoms with E-state index < -0.39 is 0 Å². The van der Waals surface area contributed by atoms with Crippen molar-refractivity contribution in [2.45, 2.75) is 12.1 Å². The fourth-order valence-corrected chi connectivity index (χ4v) is 2.17. The van der Waals surface area contributed by atoms with Crippen LogP contribution in [0, 0.1) is 0 Å². The van der Waals surface area contributed by atoms with Crippen LogP contribution in [0.25, 0.3) is 11.4 Å². The number of nitrogens with zero attached hydrogens (tertiary/aromatic N) is 2. The van der Waals surface area contributed by atoms with Crippen molar-refractivity contribution in [3.8, 4) is 11.4 Å². The maximum absolute atomic E-state index is 11.0. The zero-order valence-electron chi connectivity index (χ0n) is 11.5. The van der Waals surface area contributed by atoms with Crippen molar-refractivity contribution in [3.63, 3.8) is 0 Å². The van der Waals surface area contributed by atoms with Crippen LogP contribution in [0.3, 0.4) is 0 Å². The van der Waals surface area contributed by atoms with Crippen LogP contribution in [-0.4, -0.2) is 39.9 Å². The maximum Gasteiger partial charge on any atom is 0.316 e. The molecule has 0 fully saturated rings. The summed E-state index contributed by atoms with van der Waals surface area (Å²) < 4.78 is 4.55. The van der Waals surface area contributed by atoms with Gasteiger partial charge in [0.15, 0.2) is 5.82 Å². The fourth-order valence-electron chi connectivity index (χ4n) is 1.54. The Hall–Kier alpha value is -2.35. The highest BCUT2D eigenvalue weighted by Crippen LogP contribution is 2.21. The topological polar surface area (TPSA) is 97.0 Å². The van der Waals surface area contributed by atoms with E-state index in [4.69, 9.17) is 0 Å². The minimum Gasteiger partial charge on any atom is -0.468 e. The number of esters is 1. The number of anilines is 1. The molecule has 0 aliphatic rings. The Balaban J connectivity index is 2.03. The molecule has 0 unspecified atom stereocenters. The highest BCUT2D eigenvalue weighted by atomic mass is 32.2. The number of H-pyrrole nitrogens is 1. The van der Waals surface area contributed by atoms with Crippen LogP contribution in [0.15, 0.2) is 29.4 Å². The van der Waals surface area contributed by atoms with Gasteiger partial charge in [-0.3, -0.25) is 14.7 Å². The maximum atomic E-state index is 11.0. The van der Waals surface area contributed by atoms with Gasteiger partial charge >= 0.3 is 5.97 Å². The van der Waals surface area contributed by atoms with Crippen LogP contribution in [0.1, 0.15) is 6.92 Å². The number of amides is 1. The molecule has 0 aliphatic carbocycles. The number of hydrogen-bond donors (Lipinski definition) is 2. The van der Waals surface area contributed by atoms with E-state index in [-0.39, 0.29) is 17.6 Å². The molecule has 0 aliphatic heterocycles. The number of carbonyl (C=O) groups excluding carboxylic acids is 2. The van der Waals surface area contributed by atoms with Gasteiger partial charge in [0, 0.05) is 18.2 Å². The highest BCUT2D eigenvalue weighted by molar-refractivity contribution is 7.99. The first-order valence-electron chi connectivity index (χ1n) is 6.08. The number of aromatic nitrogens is 3. The van der Waals surface area contributed by atoms with E-state index >= 15 is 0 Å². The smallest absolute Gasteiger partial charge is 0.316 e. The standard InChI is InChI=1S/C13H14N4O3S/c1-8(18)14-10-5-3-9(4-6-10)12-15-13(17-16-12)21-7-11(19)20-2/h3-6H,7H2,1-2H3,(H,14,18)(H,15,16,17). The molecule has 1 heterocycles. The molecule has 0 bridgehead atoms. The average Bonchev–Trinajstić information content (AvgIpc) is 2.94. The second kappa shape index (κ2) is 6.89. The summed E-state index contributed by atoms with van der Waals surface area (Å²) in [5.41, 5.74) is 1.55. The number of benzene rings is 1. The molecular weight excluding hydrogens is 292 g/mol. The predicted octanol–water partition coefficient (Wildman–Crippen LogP) is 1.70. The number of rotatable bonds is 5. The molecular formula is C13H14N4O3S. The summed E-state index contributed by atoms with van der Waals surface area (Å²) in [6, 6.07) is 7.20. The third-order valence-electron chi connectivity index (χ3n) is 2.49. The molecule has 0 saturated heterocycles. The Morgan fingerprint density at radius 3 is 2.67 bits per heavy atom. The van der Waals surface area contributed by atoms with Crippen molar-refractivity contribution in [2.75, 3.05) is 18.2 Å². The van der Waals surface area contributed by atoms with Gasteiger partial charge in [0.25, 0.3) is 0 Å². The SMILES string of the molecule is COC(=O)CSc1n[nH]c(-c2ccc(NC(C)=O)cc2)n1. The molecule has 2 aromatic rings.